The highest BCUT2D eigenvalue weighted by atomic mass is 32.1. The normalized spacial score (nSPS) is 13.8. The van der Waals surface area contributed by atoms with Crippen LogP contribution in [0.5, 0.6) is 5.75 Å². The van der Waals surface area contributed by atoms with Crippen molar-refractivity contribution in [1.29, 1.82) is 0 Å². The van der Waals surface area contributed by atoms with Gasteiger partial charge in [0, 0.05) is 10.3 Å². The second-order valence-corrected chi connectivity index (χ2v) is 5.19. The average molecular weight is 260 g/mol. The number of carboxylic acids is 1. The molecule has 4 heteroatoms. The molecule has 92 valence electrons. The van der Waals surface area contributed by atoms with Crippen molar-refractivity contribution in [3.63, 3.8) is 0 Å². The number of aryl methyl sites for hydroxylation is 1. The van der Waals surface area contributed by atoms with Crippen molar-refractivity contribution in [1.82, 2.24) is 0 Å². The zero-order valence-corrected chi connectivity index (χ0v) is 10.5. The highest BCUT2D eigenvalue weighted by Crippen LogP contribution is 2.33. The quantitative estimate of drug-likeness (QED) is 0.899. The van der Waals surface area contributed by atoms with E-state index in [0.717, 1.165) is 35.6 Å². The third-order valence-electron chi connectivity index (χ3n) is 3.04. The van der Waals surface area contributed by atoms with E-state index >= 15 is 0 Å². The number of aromatic carboxylic acids is 1. The lowest BCUT2D eigenvalue weighted by atomic mass is 10.0. The van der Waals surface area contributed by atoms with Crippen LogP contribution in [-0.2, 0) is 6.42 Å². The standard InChI is InChI=1S/C14H12O3S/c15-14(16)11-7-13(18-8-11)10-3-4-12-9(6-10)2-1-5-17-12/h3-4,6-8H,1-2,5H2,(H,15,16). The van der Waals surface area contributed by atoms with Crippen LogP contribution in [0.3, 0.4) is 0 Å². The summed E-state index contributed by atoms with van der Waals surface area (Å²) in [5.74, 6) is 0.0822. The molecule has 0 atom stereocenters. The van der Waals surface area contributed by atoms with Crippen LogP contribution >= 0.6 is 11.3 Å². The molecule has 2 aromatic rings. The molecule has 2 heterocycles. The zero-order valence-electron chi connectivity index (χ0n) is 9.68. The van der Waals surface area contributed by atoms with Gasteiger partial charge in [0.1, 0.15) is 5.75 Å². The van der Waals surface area contributed by atoms with Crippen LogP contribution in [0.4, 0.5) is 0 Å². The lowest BCUT2D eigenvalue weighted by molar-refractivity contribution is 0.0697. The van der Waals surface area contributed by atoms with Gasteiger partial charge >= 0.3 is 5.97 Å². The molecule has 0 saturated carbocycles. The van der Waals surface area contributed by atoms with E-state index in [-0.39, 0.29) is 0 Å². The van der Waals surface area contributed by atoms with Gasteiger partial charge in [-0.25, -0.2) is 4.79 Å². The molecule has 0 fully saturated rings. The van der Waals surface area contributed by atoms with E-state index in [0.29, 0.717) is 5.56 Å². The summed E-state index contributed by atoms with van der Waals surface area (Å²) in [6.45, 7) is 0.786. The Morgan fingerprint density at radius 3 is 3.00 bits per heavy atom. The predicted molar refractivity (Wildman–Crippen MR) is 70.5 cm³/mol. The number of ether oxygens (including phenoxy) is 1. The highest BCUT2D eigenvalue weighted by Gasteiger charge is 2.13. The Morgan fingerprint density at radius 1 is 1.33 bits per heavy atom. The van der Waals surface area contributed by atoms with Gasteiger partial charge in [-0.15, -0.1) is 11.3 Å². The zero-order chi connectivity index (χ0) is 12.5. The largest absolute Gasteiger partial charge is 0.493 e. The molecule has 1 aliphatic rings. The van der Waals surface area contributed by atoms with Crippen molar-refractivity contribution in [3.8, 4) is 16.2 Å². The first-order chi connectivity index (χ1) is 8.74. The summed E-state index contributed by atoms with van der Waals surface area (Å²) in [7, 11) is 0. The molecule has 1 aliphatic heterocycles. The number of carboxylic acid groups (broad SMARTS) is 1. The summed E-state index contributed by atoms with van der Waals surface area (Å²) in [5.41, 5.74) is 2.63. The van der Waals surface area contributed by atoms with Gasteiger partial charge in [-0.3, -0.25) is 0 Å². The molecule has 0 spiro atoms. The van der Waals surface area contributed by atoms with Gasteiger partial charge in [-0.1, -0.05) is 0 Å². The summed E-state index contributed by atoms with van der Waals surface area (Å²) in [6.07, 6.45) is 2.07. The molecule has 1 aromatic heterocycles. The number of hydrogen-bond acceptors (Lipinski definition) is 3. The summed E-state index contributed by atoms with van der Waals surface area (Å²) in [5, 5.41) is 10.6. The molecule has 0 radical (unpaired) electrons. The maximum Gasteiger partial charge on any atom is 0.336 e. The minimum absolute atomic E-state index is 0.351. The van der Waals surface area contributed by atoms with Crippen molar-refractivity contribution in [2.24, 2.45) is 0 Å². The summed E-state index contributed by atoms with van der Waals surface area (Å²) >= 11 is 1.46. The van der Waals surface area contributed by atoms with E-state index in [2.05, 4.69) is 6.07 Å². The molecule has 0 unspecified atom stereocenters. The van der Waals surface area contributed by atoms with Gasteiger partial charge in [0.05, 0.1) is 12.2 Å². The SMILES string of the molecule is O=C(O)c1csc(-c2ccc3c(c2)CCCO3)c1. The molecule has 18 heavy (non-hydrogen) atoms. The fourth-order valence-corrected chi connectivity index (χ4v) is 2.99. The van der Waals surface area contributed by atoms with Crippen LogP contribution in [-0.4, -0.2) is 17.7 Å². The van der Waals surface area contributed by atoms with E-state index in [4.69, 9.17) is 9.84 Å². The molecule has 0 saturated heterocycles. The molecule has 0 amide bonds. The Hall–Kier alpha value is -1.81. The average Bonchev–Trinajstić information content (AvgIpc) is 2.88. The van der Waals surface area contributed by atoms with Crippen molar-refractivity contribution in [2.45, 2.75) is 12.8 Å². The Kier molecular flexibility index (Phi) is 2.80. The number of fused-ring (bicyclic) bond motifs is 1. The maximum atomic E-state index is 10.9. The van der Waals surface area contributed by atoms with Crippen LogP contribution in [0.25, 0.3) is 10.4 Å². The molecular formula is C14H12O3S. The lowest BCUT2D eigenvalue weighted by Gasteiger charge is -2.17. The third-order valence-corrected chi connectivity index (χ3v) is 4.02. The van der Waals surface area contributed by atoms with Crippen molar-refractivity contribution in [2.75, 3.05) is 6.61 Å². The van der Waals surface area contributed by atoms with E-state index < -0.39 is 5.97 Å². The number of thiophene rings is 1. The minimum Gasteiger partial charge on any atom is -0.493 e. The Labute approximate surface area is 109 Å². The fourth-order valence-electron chi connectivity index (χ4n) is 2.11. The minimum atomic E-state index is -0.876. The first-order valence-corrected chi connectivity index (χ1v) is 6.70. The second kappa shape index (κ2) is 4.46. The maximum absolute atomic E-state index is 10.9. The fraction of sp³-hybridized carbons (Fsp3) is 0.214. The van der Waals surface area contributed by atoms with Crippen molar-refractivity contribution < 1.29 is 14.6 Å². The van der Waals surface area contributed by atoms with Gasteiger partial charge in [-0.2, -0.15) is 0 Å². The summed E-state index contributed by atoms with van der Waals surface area (Å²) in [6, 6.07) is 7.79. The van der Waals surface area contributed by atoms with Crippen LogP contribution in [0.15, 0.2) is 29.6 Å². The Balaban J connectivity index is 1.98. The Morgan fingerprint density at radius 2 is 2.22 bits per heavy atom. The van der Waals surface area contributed by atoms with Crippen LogP contribution in [0.1, 0.15) is 22.3 Å². The number of benzene rings is 1. The van der Waals surface area contributed by atoms with Gasteiger partial charge < -0.3 is 9.84 Å². The van der Waals surface area contributed by atoms with Crippen LogP contribution in [0, 0.1) is 0 Å². The summed E-state index contributed by atoms with van der Waals surface area (Å²) < 4.78 is 5.57. The van der Waals surface area contributed by atoms with Gasteiger partial charge in [0.2, 0.25) is 0 Å². The molecule has 1 aromatic carbocycles. The van der Waals surface area contributed by atoms with E-state index in [9.17, 15) is 4.79 Å². The van der Waals surface area contributed by atoms with Crippen molar-refractivity contribution in [3.05, 3.63) is 40.8 Å². The van der Waals surface area contributed by atoms with Gasteiger partial charge in [0.15, 0.2) is 0 Å². The Bertz CT molecular complexity index is 601. The lowest BCUT2D eigenvalue weighted by Crippen LogP contribution is -2.07. The second-order valence-electron chi connectivity index (χ2n) is 4.28. The summed E-state index contributed by atoms with van der Waals surface area (Å²) in [4.78, 5) is 11.9. The molecular weight excluding hydrogens is 248 g/mol. The number of rotatable bonds is 2. The number of hydrogen-bond donors (Lipinski definition) is 1. The van der Waals surface area contributed by atoms with E-state index in [1.165, 1.54) is 16.9 Å². The molecule has 0 bridgehead atoms. The first kappa shape index (κ1) is 11.3. The van der Waals surface area contributed by atoms with Gasteiger partial charge in [-0.05, 0) is 48.2 Å². The van der Waals surface area contributed by atoms with Crippen molar-refractivity contribution >= 4 is 17.3 Å². The first-order valence-electron chi connectivity index (χ1n) is 5.82. The van der Waals surface area contributed by atoms with E-state index in [1.807, 2.05) is 12.1 Å². The van der Waals surface area contributed by atoms with Gasteiger partial charge in [0.25, 0.3) is 0 Å². The molecule has 0 aliphatic carbocycles. The van der Waals surface area contributed by atoms with Crippen LogP contribution < -0.4 is 4.74 Å². The monoisotopic (exact) mass is 260 g/mol. The molecule has 3 rings (SSSR count). The topological polar surface area (TPSA) is 46.5 Å². The predicted octanol–water partition coefficient (Wildman–Crippen LogP) is 3.44. The molecule has 1 N–H and O–H groups in total. The van der Waals surface area contributed by atoms with Crippen LogP contribution in [0.2, 0.25) is 0 Å². The third kappa shape index (κ3) is 1.99. The number of carbonyl (C=O) groups is 1. The highest BCUT2D eigenvalue weighted by molar-refractivity contribution is 7.13. The van der Waals surface area contributed by atoms with E-state index in [1.54, 1.807) is 11.4 Å². The molecule has 3 nitrogen and oxygen atoms in total. The smallest absolute Gasteiger partial charge is 0.336 e.